The summed E-state index contributed by atoms with van der Waals surface area (Å²) in [6.07, 6.45) is 2.04. The van der Waals surface area contributed by atoms with Gasteiger partial charge in [0.05, 0.1) is 0 Å². The molecular formula is C8H12BrN3S. The van der Waals surface area contributed by atoms with Crippen LogP contribution >= 0.6 is 27.5 Å². The van der Waals surface area contributed by atoms with E-state index in [-0.39, 0.29) is 0 Å². The summed E-state index contributed by atoms with van der Waals surface area (Å²) >= 11 is 4.67. The van der Waals surface area contributed by atoms with Crippen molar-refractivity contribution in [1.82, 2.24) is 9.36 Å². The average Bonchev–Trinajstić information content (AvgIpc) is 2.50. The molecule has 1 heterocycles. The topological polar surface area (TPSA) is 37.8 Å². The van der Waals surface area contributed by atoms with Gasteiger partial charge in [-0.1, -0.05) is 29.4 Å². The molecule has 0 aliphatic carbocycles. The van der Waals surface area contributed by atoms with E-state index in [9.17, 15) is 0 Å². The van der Waals surface area contributed by atoms with Crippen LogP contribution in [0.15, 0.2) is 11.1 Å². The fourth-order valence-electron chi connectivity index (χ4n) is 0.822. The Kier molecular flexibility index (Phi) is 4.38. The monoisotopic (exact) mass is 261 g/mol. The molecule has 0 atom stereocenters. The molecule has 13 heavy (non-hydrogen) atoms. The molecule has 72 valence electrons. The maximum Gasteiger partial charge on any atom is 0.202 e. The average molecular weight is 262 g/mol. The third-order valence-corrected chi connectivity index (χ3v) is 2.36. The lowest BCUT2D eigenvalue weighted by molar-refractivity contribution is 0.862. The van der Waals surface area contributed by atoms with Crippen molar-refractivity contribution in [1.29, 1.82) is 0 Å². The fraction of sp³-hybridized carbons (Fsp3) is 0.500. The summed E-state index contributed by atoms with van der Waals surface area (Å²) in [5.74, 6) is 0.926. The van der Waals surface area contributed by atoms with Crippen LogP contribution in [0.5, 0.6) is 0 Å². The third kappa shape index (κ3) is 3.87. The Morgan fingerprint density at radius 3 is 3.08 bits per heavy atom. The Morgan fingerprint density at radius 1 is 1.69 bits per heavy atom. The minimum atomic E-state index is 0.695. The predicted molar refractivity (Wildman–Crippen MR) is 60.5 cm³/mol. The molecule has 0 radical (unpaired) electrons. The van der Waals surface area contributed by atoms with E-state index in [1.807, 2.05) is 0 Å². The van der Waals surface area contributed by atoms with Gasteiger partial charge >= 0.3 is 0 Å². The Morgan fingerprint density at radius 2 is 2.46 bits per heavy atom. The van der Waals surface area contributed by atoms with Crippen molar-refractivity contribution in [3.8, 4) is 0 Å². The summed E-state index contributed by atoms with van der Waals surface area (Å²) in [5, 5.41) is 3.99. The van der Waals surface area contributed by atoms with E-state index < -0.39 is 0 Å². The standard InChI is InChI=1S/C8H12BrN3S/c1-3-4-7-11-8(13-12-7)10-5-6(2)9/h2-5H2,1H3,(H,10,11,12). The third-order valence-electron chi connectivity index (χ3n) is 1.37. The van der Waals surface area contributed by atoms with Crippen LogP contribution in [0.25, 0.3) is 0 Å². The first kappa shape index (κ1) is 10.7. The van der Waals surface area contributed by atoms with E-state index in [0.29, 0.717) is 6.54 Å². The highest BCUT2D eigenvalue weighted by Crippen LogP contribution is 2.13. The van der Waals surface area contributed by atoms with Crippen LogP contribution in [0.2, 0.25) is 0 Å². The fourth-order valence-corrected chi connectivity index (χ4v) is 1.57. The summed E-state index contributed by atoms with van der Waals surface area (Å²) in [7, 11) is 0. The van der Waals surface area contributed by atoms with Crippen molar-refractivity contribution >= 4 is 32.6 Å². The minimum absolute atomic E-state index is 0.695. The number of aromatic nitrogens is 2. The van der Waals surface area contributed by atoms with Gasteiger partial charge < -0.3 is 5.32 Å². The van der Waals surface area contributed by atoms with Crippen molar-refractivity contribution < 1.29 is 0 Å². The number of nitrogens with one attached hydrogen (secondary N) is 1. The van der Waals surface area contributed by atoms with Crippen LogP contribution in [-0.4, -0.2) is 15.9 Å². The molecule has 1 aromatic heterocycles. The number of hydrogen-bond donors (Lipinski definition) is 1. The number of aryl methyl sites for hydroxylation is 1. The Balaban J connectivity index is 2.44. The molecule has 0 spiro atoms. The van der Waals surface area contributed by atoms with Gasteiger partial charge in [-0.15, -0.1) is 0 Å². The number of halogens is 1. The Labute approximate surface area is 90.6 Å². The molecule has 0 saturated carbocycles. The molecule has 0 aliphatic rings. The van der Waals surface area contributed by atoms with E-state index in [1.165, 1.54) is 11.5 Å². The van der Waals surface area contributed by atoms with Gasteiger partial charge in [0.2, 0.25) is 5.13 Å². The largest absolute Gasteiger partial charge is 0.356 e. The number of anilines is 1. The summed E-state index contributed by atoms with van der Waals surface area (Å²) in [5.41, 5.74) is 0. The zero-order valence-electron chi connectivity index (χ0n) is 7.51. The molecule has 3 nitrogen and oxygen atoms in total. The maximum absolute atomic E-state index is 4.31. The van der Waals surface area contributed by atoms with Crippen molar-refractivity contribution in [3.63, 3.8) is 0 Å². The first-order chi connectivity index (χ1) is 6.22. The molecule has 0 bridgehead atoms. The van der Waals surface area contributed by atoms with E-state index in [0.717, 1.165) is 28.3 Å². The zero-order chi connectivity index (χ0) is 9.68. The van der Waals surface area contributed by atoms with Crippen molar-refractivity contribution in [2.45, 2.75) is 19.8 Å². The van der Waals surface area contributed by atoms with Crippen LogP contribution in [0.1, 0.15) is 19.2 Å². The molecule has 1 aromatic rings. The maximum atomic E-state index is 4.31. The van der Waals surface area contributed by atoms with Crippen LogP contribution in [0.4, 0.5) is 5.13 Å². The summed E-state index contributed by atoms with van der Waals surface area (Å²) in [6.45, 7) is 6.54. The second kappa shape index (κ2) is 5.34. The highest BCUT2D eigenvalue weighted by Gasteiger charge is 2.01. The quantitative estimate of drug-likeness (QED) is 0.886. The van der Waals surface area contributed by atoms with E-state index in [1.54, 1.807) is 0 Å². The summed E-state index contributed by atoms with van der Waals surface area (Å²) < 4.78 is 5.12. The molecule has 0 saturated heterocycles. The van der Waals surface area contributed by atoms with Crippen molar-refractivity contribution in [3.05, 3.63) is 16.9 Å². The highest BCUT2D eigenvalue weighted by atomic mass is 79.9. The molecule has 0 amide bonds. The van der Waals surface area contributed by atoms with E-state index in [4.69, 9.17) is 0 Å². The van der Waals surface area contributed by atoms with Gasteiger partial charge in [0.1, 0.15) is 5.82 Å². The van der Waals surface area contributed by atoms with Crippen LogP contribution in [-0.2, 0) is 6.42 Å². The van der Waals surface area contributed by atoms with E-state index in [2.05, 4.69) is 44.1 Å². The normalized spacial score (nSPS) is 10.0. The Bertz CT molecular complexity index is 285. The highest BCUT2D eigenvalue weighted by molar-refractivity contribution is 9.11. The molecule has 1 N–H and O–H groups in total. The minimum Gasteiger partial charge on any atom is -0.356 e. The van der Waals surface area contributed by atoms with Gasteiger partial charge in [-0.2, -0.15) is 4.37 Å². The summed E-state index contributed by atoms with van der Waals surface area (Å²) in [6, 6.07) is 0. The second-order valence-corrected chi connectivity index (χ2v) is 4.51. The Hall–Kier alpha value is -0.420. The number of hydrogen-bond acceptors (Lipinski definition) is 4. The van der Waals surface area contributed by atoms with Crippen LogP contribution < -0.4 is 5.32 Å². The second-order valence-electron chi connectivity index (χ2n) is 2.64. The molecular weight excluding hydrogens is 250 g/mol. The van der Waals surface area contributed by atoms with Crippen LogP contribution in [0, 0.1) is 0 Å². The number of nitrogens with zero attached hydrogens (tertiary/aromatic N) is 2. The SMILES string of the molecule is C=C(Br)CNc1nc(CCC)ns1. The number of rotatable bonds is 5. The molecule has 0 aromatic carbocycles. The van der Waals surface area contributed by atoms with Gasteiger partial charge in [0.25, 0.3) is 0 Å². The van der Waals surface area contributed by atoms with Gasteiger partial charge in [-0.3, -0.25) is 0 Å². The molecule has 0 aliphatic heterocycles. The van der Waals surface area contributed by atoms with Gasteiger partial charge in [0.15, 0.2) is 0 Å². The first-order valence-corrected chi connectivity index (χ1v) is 5.68. The van der Waals surface area contributed by atoms with Gasteiger partial charge in [-0.25, -0.2) is 4.98 Å². The molecule has 0 unspecified atom stereocenters. The lowest BCUT2D eigenvalue weighted by atomic mass is 10.3. The van der Waals surface area contributed by atoms with Crippen molar-refractivity contribution in [2.75, 3.05) is 11.9 Å². The molecule has 5 heteroatoms. The first-order valence-electron chi connectivity index (χ1n) is 4.12. The summed E-state index contributed by atoms with van der Waals surface area (Å²) in [4.78, 5) is 4.31. The van der Waals surface area contributed by atoms with Crippen molar-refractivity contribution in [2.24, 2.45) is 0 Å². The van der Waals surface area contributed by atoms with Crippen LogP contribution in [0.3, 0.4) is 0 Å². The van der Waals surface area contributed by atoms with Gasteiger partial charge in [-0.05, 0) is 6.42 Å². The van der Waals surface area contributed by atoms with Gasteiger partial charge in [0, 0.05) is 29.0 Å². The van der Waals surface area contributed by atoms with E-state index >= 15 is 0 Å². The lowest BCUT2D eigenvalue weighted by Crippen LogP contribution is -2.00. The zero-order valence-corrected chi connectivity index (χ0v) is 9.91. The molecule has 1 rings (SSSR count). The lowest BCUT2D eigenvalue weighted by Gasteiger charge is -1.97. The predicted octanol–water partition coefficient (Wildman–Crippen LogP) is 2.81. The molecule has 0 fully saturated rings. The smallest absolute Gasteiger partial charge is 0.202 e.